The number of rotatable bonds is 9. The van der Waals surface area contributed by atoms with Crippen molar-refractivity contribution in [2.24, 2.45) is 0 Å². The van der Waals surface area contributed by atoms with Crippen LogP contribution in [0.15, 0.2) is 6.07 Å². The fourth-order valence-corrected chi connectivity index (χ4v) is 2.29. The normalized spacial score (nSPS) is 17.9. The van der Waals surface area contributed by atoms with E-state index in [9.17, 15) is 0 Å². The number of nitrogens with one attached hydrogen (secondary N) is 1. The third-order valence-corrected chi connectivity index (χ3v) is 3.31. The van der Waals surface area contributed by atoms with E-state index in [-0.39, 0.29) is 12.2 Å². The molecule has 1 aromatic heterocycles. The molecule has 0 spiro atoms. The molecule has 2 heterocycles. The molecule has 0 radical (unpaired) electrons. The van der Waals surface area contributed by atoms with Crippen LogP contribution in [0.25, 0.3) is 0 Å². The molecule has 0 aliphatic carbocycles. The SMILES string of the molecule is CCOc1cc(NCCCOC(C)C)nc(C2CCCO2)n1. The maximum absolute atomic E-state index is 5.67. The molecule has 0 aromatic carbocycles. The molecule has 22 heavy (non-hydrogen) atoms. The summed E-state index contributed by atoms with van der Waals surface area (Å²) in [5, 5.41) is 3.31. The Bertz CT molecular complexity index is 448. The summed E-state index contributed by atoms with van der Waals surface area (Å²) in [6.07, 6.45) is 3.22. The molecule has 0 bridgehead atoms. The minimum absolute atomic E-state index is 0.00905. The molecule has 1 saturated heterocycles. The molecule has 1 aliphatic rings. The van der Waals surface area contributed by atoms with Crippen LogP contribution in [-0.2, 0) is 9.47 Å². The van der Waals surface area contributed by atoms with Crippen molar-refractivity contribution in [2.45, 2.75) is 52.2 Å². The van der Waals surface area contributed by atoms with Crippen molar-refractivity contribution in [1.82, 2.24) is 9.97 Å². The van der Waals surface area contributed by atoms with Crippen LogP contribution in [0, 0.1) is 0 Å². The lowest BCUT2D eigenvalue weighted by atomic mass is 10.2. The molecule has 0 saturated carbocycles. The number of anilines is 1. The average molecular weight is 309 g/mol. The zero-order valence-electron chi connectivity index (χ0n) is 13.8. The Morgan fingerprint density at radius 1 is 1.41 bits per heavy atom. The minimum Gasteiger partial charge on any atom is -0.478 e. The smallest absolute Gasteiger partial charge is 0.218 e. The largest absolute Gasteiger partial charge is 0.478 e. The first kappa shape index (κ1) is 17.0. The summed E-state index contributed by atoms with van der Waals surface area (Å²) in [6.45, 7) is 8.95. The van der Waals surface area contributed by atoms with Gasteiger partial charge in [-0.05, 0) is 40.0 Å². The number of ether oxygens (including phenoxy) is 3. The van der Waals surface area contributed by atoms with E-state index in [1.165, 1.54) is 0 Å². The van der Waals surface area contributed by atoms with Gasteiger partial charge in [0.2, 0.25) is 5.88 Å². The van der Waals surface area contributed by atoms with E-state index in [1.54, 1.807) is 0 Å². The van der Waals surface area contributed by atoms with E-state index in [0.29, 0.717) is 18.3 Å². The molecule has 1 N–H and O–H groups in total. The molecule has 1 aliphatic heterocycles. The van der Waals surface area contributed by atoms with Crippen molar-refractivity contribution in [3.05, 3.63) is 11.9 Å². The maximum atomic E-state index is 5.67. The standard InChI is InChI=1S/C16H27N3O3/c1-4-20-15-11-14(17-8-6-10-21-12(2)3)18-16(19-15)13-7-5-9-22-13/h11-13H,4-10H2,1-3H3,(H,17,18,19). The van der Waals surface area contributed by atoms with E-state index in [4.69, 9.17) is 14.2 Å². The topological polar surface area (TPSA) is 65.5 Å². The van der Waals surface area contributed by atoms with Crippen LogP contribution < -0.4 is 10.1 Å². The monoisotopic (exact) mass is 309 g/mol. The molecule has 6 heteroatoms. The molecule has 124 valence electrons. The van der Waals surface area contributed by atoms with Gasteiger partial charge >= 0.3 is 0 Å². The van der Waals surface area contributed by atoms with Crippen molar-refractivity contribution in [1.29, 1.82) is 0 Å². The average Bonchev–Trinajstić information content (AvgIpc) is 3.01. The number of hydrogen-bond donors (Lipinski definition) is 1. The summed E-state index contributed by atoms with van der Waals surface area (Å²) in [5.74, 6) is 2.10. The molecule has 1 unspecified atom stereocenters. The fourth-order valence-electron chi connectivity index (χ4n) is 2.29. The Labute approximate surface area is 132 Å². The summed E-state index contributed by atoms with van der Waals surface area (Å²) in [7, 11) is 0. The zero-order chi connectivity index (χ0) is 15.8. The highest BCUT2D eigenvalue weighted by atomic mass is 16.5. The van der Waals surface area contributed by atoms with E-state index < -0.39 is 0 Å². The van der Waals surface area contributed by atoms with Gasteiger partial charge in [-0.25, -0.2) is 4.98 Å². The van der Waals surface area contributed by atoms with Gasteiger partial charge in [0.25, 0.3) is 0 Å². The number of aromatic nitrogens is 2. The number of hydrogen-bond acceptors (Lipinski definition) is 6. The Balaban J connectivity index is 1.93. The van der Waals surface area contributed by atoms with E-state index in [2.05, 4.69) is 15.3 Å². The Kier molecular flexibility index (Phi) is 6.86. The predicted octanol–water partition coefficient (Wildman–Crippen LogP) is 2.95. The van der Waals surface area contributed by atoms with E-state index >= 15 is 0 Å². The molecule has 1 aromatic rings. The summed E-state index contributed by atoms with van der Waals surface area (Å²) in [6, 6.07) is 1.84. The van der Waals surface area contributed by atoms with Crippen LogP contribution in [0.2, 0.25) is 0 Å². The van der Waals surface area contributed by atoms with Crippen LogP contribution in [0.4, 0.5) is 5.82 Å². The first-order chi connectivity index (χ1) is 10.7. The highest BCUT2D eigenvalue weighted by Gasteiger charge is 2.22. The Morgan fingerprint density at radius 2 is 2.27 bits per heavy atom. The quantitative estimate of drug-likeness (QED) is 0.708. The van der Waals surface area contributed by atoms with Crippen molar-refractivity contribution >= 4 is 5.82 Å². The second-order valence-electron chi connectivity index (χ2n) is 5.58. The van der Waals surface area contributed by atoms with Gasteiger partial charge in [-0.1, -0.05) is 0 Å². The number of nitrogens with zero attached hydrogens (tertiary/aromatic N) is 2. The second kappa shape index (κ2) is 8.90. The van der Waals surface area contributed by atoms with Crippen LogP contribution in [0.3, 0.4) is 0 Å². The molecule has 2 rings (SSSR count). The van der Waals surface area contributed by atoms with Crippen molar-refractivity contribution in [3.8, 4) is 5.88 Å². The first-order valence-electron chi connectivity index (χ1n) is 8.18. The highest BCUT2D eigenvalue weighted by molar-refractivity contribution is 5.38. The second-order valence-corrected chi connectivity index (χ2v) is 5.58. The summed E-state index contributed by atoms with van der Waals surface area (Å²) >= 11 is 0. The van der Waals surface area contributed by atoms with Gasteiger partial charge in [-0.15, -0.1) is 0 Å². The Morgan fingerprint density at radius 3 is 2.95 bits per heavy atom. The lowest BCUT2D eigenvalue weighted by Crippen LogP contribution is -2.12. The van der Waals surface area contributed by atoms with Gasteiger partial charge in [-0.2, -0.15) is 4.98 Å². The van der Waals surface area contributed by atoms with Crippen LogP contribution in [-0.4, -0.2) is 42.4 Å². The fraction of sp³-hybridized carbons (Fsp3) is 0.750. The highest BCUT2D eigenvalue weighted by Crippen LogP contribution is 2.28. The van der Waals surface area contributed by atoms with Gasteiger partial charge in [-0.3, -0.25) is 0 Å². The molecular formula is C16H27N3O3. The van der Waals surface area contributed by atoms with Gasteiger partial charge in [0.1, 0.15) is 11.9 Å². The van der Waals surface area contributed by atoms with Crippen LogP contribution in [0.1, 0.15) is 52.0 Å². The minimum atomic E-state index is -0.00905. The zero-order valence-corrected chi connectivity index (χ0v) is 13.8. The van der Waals surface area contributed by atoms with Gasteiger partial charge in [0.05, 0.1) is 12.7 Å². The third kappa shape index (κ3) is 5.42. The lowest BCUT2D eigenvalue weighted by Gasteiger charge is -2.13. The van der Waals surface area contributed by atoms with Crippen LogP contribution in [0.5, 0.6) is 5.88 Å². The maximum Gasteiger partial charge on any atom is 0.218 e. The molecular weight excluding hydrogens is 282 g/mol. The van der Waals surface area contributed by atoms with Gasteiger partial charge in [0, 0.05) is 25.8 Å². The van der Waals surface area contributed by atoms with E-state index in [0.717, 1.165) is 44.8 Å². The van der Waals surface area contributed by atoms with Gasteiger partial charge in [0.15, 0.2) is 5.82 Å². The third-order valence-electron chi connectivity index (χ3n) is 3.31. The molecule has 1 atom stereocenters. The lowest BCUT2D eigenvalue weighted by molar-refractivity contribution is 0.0787. The molecule has 0 amide bonds. The van der Waals surface area contributed by atoms with E-state index in [1.807, 2.05) is 26.8 Å². The summed E-state index contributed by atoms with van der Waals surface area (Å²) in [4.78, 5) is 9.01. The predicted molar refractivity (Wildman–Crippen MR) is 85.3 cm³/mol. The van der Waals surface area contributed by atoms with Crippen LogP contribution >= 0.6 is 0 Å². The van der Waals surface area contributed by atoms with Crippen molar-refractivity contribution < 1.29 is 14.2 Å². The van der Waals surface area contributed by atoms with Crippen molar-refractivity contribution in [2.75, 3.05) is 31.7 Å². The van der Waals surface area contributed by atoms with Crippen molar-refractivity contribution in [3.63, 3.8) is 0 Å². The Hall–Kier alpha value is -1.40. The summed E-state index contributed by atoms with van der Waals surface area (Å²) in [5.41, 5.74) is 0. The summed E-state index contributed by atoms with van der Waals surface area (Å²) < 4.78 is 16.7. The molecule has 6 nitrogen and oxygen atoms in total. The molecule has 1 fully saturated rings. The van der Waals surface area contributed by atoms with Gasteiger partial charge < -0.3 is 19.5 Å². The first-order valence-corrected chi connectivity index (χ1v) is 8.18.